The van der Waals surface area contributed by atoms with Crippen LogP contribution < -0.4 is 14.8 Å². The zero-order valence-electron chi connectivity index (χ0n) is 12.3. The summed E-state index contributed by atoms with van der Waals surface area (Å²) in [6, 6.07) is 5.91. The molecule has 0 radical (unpaired) electrons. The highest BCUT2D eigenvalue weighted by molar-refractivity contribution is 5.44. The molecule has 4 heteroatoms. The molecule has 0 aromatic heterocycles. The van der Waals surface area contributed by atoms with Crippen LogP contribution in [-0.4, -0.2) is 13.3 Å². The number of fused-ring (bicyclic) bond motifs is 1. The van der Waals surface area contributed by atoms with Crippen LogP contribution in [0.2, 0.25) is 0 Å². The minimum absolute atomic E-state index is 0.105. The Morgan fingerprint density at radius 2 is 1.90 bits per heavy atom. The first-order valence-corrected chi connectivity index (χ1v) is 7.78. The zero-order valence-corrected chi connectivity index (χ0v) is 12.3. The van der Waals surface area contributed by atoms with Gasteiger partial charge in [-0.15, -0.1) is 0 Å². The molecule has 1 heterocycles. The molecule has 114 valence electrons. The maximum Gasteiger partial charge on any atom is 0.231 e. The van der Waals surface area contributed by atoms with Gasteiger partial charge < -0.3 is 14.8 Å². The van der Waals surface area contributed by atoms with Gasteiger partial charge in [-0.1, -0.05) is 12.5 Å². The van der Waals surface area contributed by atoms with Gasteiger partial charge in [0.05, 0.1) is 0 Å². The zero-order chi connectivity index (χ0) is 14.5. The highest BCUT2D eigenvalue weighted by Crippen LogP contribution is 2.32. The first kappa shape index (κ1) is 14.4. The average molecular weight is 291 g/mol. The van der Waals surface area contributed by atoms with Crippen LogP contribution in [0.15, 0.2) is 29.6 Å². The summed E-state index contributed by atoms with van der Waals surface area (Å²) in [6.45, 7) is 1.69. The Morgan fingerprint density at radius 1 is 1.10 bits per heavy atom. The molecule has 0 amide bonds. The van der Waals surface area contributed by atoms with E-state index >= 15 is 0 Å². The molecule has 1 aliphatic heterocycles. The summed E-state index contributed by atoms with van der Waals surface area (Å²) in [6.07, 6.45) is 5.95. The minimum Gasteiger partial charge on any atom is -0.454 e. The number of hydrogen-bond acceptors (Lipinski definition) is 3. The van der Waals surface area contributed by atoms with Gasteiger partial charge in [-0.2, -0.15) is 0 Å². The molecule has 0 unspecified atom stereocenters. The molecular formula is C17H22FNO2. The Labute approximate surface area is 125 Å². The predicted molar refractivity (Wildman–Crippen MR) is 80.1 cm³/mol. The van der Waals surface area contributed by atoms with Gasteiger partial charge in [-0.05, 0) is 49.0 Å². The molecule has 0 atom stereocenters. The summed E-state index contributed by atoms with van der Waals surface area (Å²) < 4.78 is 24.6. The number of nitrogens with one attached hydrogen (secondary N) is 1. The van der Waals surface area contributed by atoms with Gasteiger partial charge in [0.2, 0.25) is 6.79 Å². The molecule has 1 N–H and O–H groups in total. The fraction of sp³-hybridized carbons (Fsp3) is 0.529. The van der Waals surface area contributed by atoms with Crippen LogP contribution in [-0.2, 0) is 6.54 Å². The van der Waals surface area contributed by atoms with Crippen molar-refractivity contribution in [2.24, 2.45) is 0 Å². The maximum atomic E-state index is 14.0. The van der Waals surface area contributed by atoms with E-state index in [0.717, 1.165) is 54.9 Å². The van der Waals surface area contributed by atoms with Crippen molar-refractivity contribution in [3.8, 4) is 11.5 Å². The topological polar surface area (TPSA) is 30.5 Å². The molecular weight excluding hydrogens is 269 g/mol. The van der Waals surface area contributed by atoms with E-state index in [1.165, 1.54) is 6.42 Å². The molecule has 1 saturated carbocycles. The second-order valence-corrected chi connectivity index (χ2v) is 5.68. The third kappa shape index (κ3) is 3.76. The second-order valence-electron chi connectivity index (χ2n) is 5.68. The van der Waals surface area contributed by atoms with Crippen LogP contribution >= 0.6 is 0 Å². The summed E-state index contributed by atoms with van der Waals surface area (Å²) in [7, 11) is 0. The van der Waals surface area contributed by atoms with Crippen molar-refractivity contribution >= 4 is 0 Å². The molecule has 3 nitrogen and oxygen atoms in total. The van der Waals surface area contributed by atoms with Crippen LogP contribution in [0.4, 0.5) is 4.39 Å². The number of hydrogen-bond donors (Lipinski definition) is 1. The summed E-state index contributed by atoms with van der Waals surface area (Å²) >= 11 is 0. The van der Waals surface area contributed by atoms with Gasteiger partial charge in [-0.25, -0.2) is 4.39 Å². The van der Waals surface area contributed by atoms with E-state index in [1.807, 2.05) is 18.2 Å². The summed E-state index contributed by atoms with van der Waals surface area (Å²) in [4.78, 5) is 0. The number of allylic oxidation sites excluding steroid dienone is 1. The van der Waals surface area contributed by atoms with Gasteiger partial charge >= 0.3 is 0 Å². The van der Waals surface area contributed by atoms with Crippen LogP contribution in [0.1, 0.15) is 44.1 Å². The van der Waals surface area contributed by atoms with Gasteiger partial charge in [0.15, 0.2) is 11.5 Å². The van der Waals surface area contributed by atoms with E-state index in [-0.39, 0.29) is 5.83 Å². The third-order valence-corrected chi connectivity index (χ3v) is 4.13. The fourth-order valence-corrected chi connectivity index (χ4v) is 2.91. The average Bonchev–Trinajstić information content (AvgIpc) is 3.00. The lowest BCUT2D eigenvalue weighted by Gasteiger charge is -2.15. The predicted octanol–water partition coefficient (Wildman–Crippen LogP) is 4.08. The lowest BCUT2D eigenvalue weighted by Crippen LogP contribution is -2.15. The van der Waals surface area contributed by atoms with Crippen molar-refractivity contribution in [3.05, 3.63) is 35.2 Å². The Bertz CT molecular complexity index is 520. The Balaban J connectivity index is 1.44. The maximum absolute atomic E-state index is 14.0. The molecule has 0 saturated heterocycles. The molecule has 1 aromatic rings. The first-order valence-electron chi connectivity index (χ1n) is 7.78. The standard InChI is InChI=1S/C17H22FNO2/c18-15(14-4-2-1-3-5-14)8-9-19-11-13-6-7-16-17(10-13)21-12-20-16/h6-7,10,19H,1-5,8-9,11-12H2. The van der Waals surface area contributed by atoms with Gasteiger partial charge in [-0.3, -0.25) is 0 Å². The molecule has 1 fully saturated rings. The van der Waals surface area contributed by atoms with Gasteiger partial charge in [0, 0.05) is 19.5 Å². The molecule has 0 spiro atoms. The molecule has 1 aromatic carbocycles. The number of halogens is 1. The number of benzene rings is 1. The van der Waals surface area contributed by atoms with Gasteiger partial charge in [0.25, 0.3) is 0 Å². The molecule has 2 aliphatic rings. The van der Waals surface area contributed by atoms with E-state index in [9.17, 15) is 4.39 Å². The normalized spacial score (nSPS) is 17.1. The van der Waals surface area contributed by atoms with Gasteiger partial charge in [0.1, 0.15) is 5.83 Å². The molecule has 21 heavy (non-hydrogen) atoms. The van der Waals surface area contributed by atoms with Crippen molar-refractivity contribution in [1.29, 1.82) is 0 Å². The van der Waals surface area contributed by atoms with Crippen molar-refractivity contribution in [2.75, 3.05) is 13.3 Å². The third-order valence-electron chi connectivity index (χ3n) is 4.13. The molecule has 3 rings (SSSR count). The van der Waals surface area contributed by atoms with Crippen LogP contribution in [0.3, 0.4) is 0 Å². The summed E-state index contributed by atoms with van der Waals surface area (Å²) in [5, 5.41) is 3.29. The fourth-order valence-electron chi connectivity index (χ4n) is 2.91. The summed E-state index contributed by atoms with van der Waals surface area (Å²) in [5.74, 6) is 1.70. The van der Waals surface area contributed by atoms with Crippen molar-refractivity contribution < 1.29 is 13.9 Å². The lowest BCUT2D eigenvalue weighted by molar-refractivity contribution is 0.174. The molecule has 1 aliphatic carbocycles. The van der Waals surface area contributed by atoms with Crippen molar-refractivity contribution in [1.82, 2.24) is 5.32 Å². The monoisotopic (exact) mass is 291 g/mol. The SMILES string of the molecule is FC(CCNCc1ccc2c(c1)OCO2)=C1CCCCC1. The van der Waals surface area contributed by atoms with E-state index < -0.39 is 0 Å². The van der Waals surface area contributed by atoms with Crippen LogP contribution in [0, 0.1) is 0 Å². The van der Waals surface area contributed by atoms with Crippen molar-refractivity contribution in [2.45, 2.75) is 45.1 Å². The van der Waals surface area contributed by atoms with E-state index in [2.05, 4.69) is 5.32 Å². The second kappa shape index (κ2) is 6.94. The Morgan fingerprint density at radius 3 is 2.76 bits per heavy atom. The highest BCUT2D eigenvalue weighted by atomic mass is 19.1. The number of ether oxygens (including phenoxy) is 2. The lowest BCUT2D eigenvalue weighted by atomic mass is 9.93. The van der Waals surface area contributed by atoms with E-state index in [4.69, 9.17) is 9.47 Å². The Kier molecular flexibility index (Phi) is 4.76. The highest BCUT2D eigenvalue weighted by Gasteiger charge is 2.13. The molecule has 0 bridgehead atoms. The quantitative estimate of drug-likeness (QED) is 0.829. The van der Waals surface area contributed by atoms with E-state index in [1.54, 1.807) is 0 Å². The van der Waals surface area contributed by atoms with Crippen molar-refractivity contribution in [3.63, 3.8) is 0 Å². The van der Waals surface area contributed by atoms with Crippen LogP contribution in [0.25, 0.3) is 0 Å². The number of rotatable bonds is 5. The first-order chi connectivity index (χ1) is 10.3. The smallest absolute Gasteiger partial charge is 0.231 e. The largest absolute Gasteiger partial charge is 0.454 e. The summed E-state index contributed by atoms with van der Waals surface area (Å²) in [5.41, 5.74) is 2.18. The van der Waals surface area contributed by atoms with E-state index in [0.29, 0.717) is 19.8 Å². The minimum atomic E-state index is 0.105. The Hall–Kier alpha value is -1.55. The van der Waals surface area contributed by atoms with Crippen LogP contribution in [0.5, 0.6) is 11.5 Å².